The van der Waals surface area contributed by atoms with E-state index in [-0.39, 0.29) is 5.82 Å². The Labute approximate surface area is 104 Å². The highest BCUT2D eigenvalue weighted by molar-refractivity contribution is 5.20. The molecule has 1 saturated heterocycles. The van der Waals surface area contributed by atoms with Gasteiger partial charge in [-0.3, -0.25) is 4.90 Å². The quantitative estimate of drug-likeness (QED) is 0.757. The summed E-state index contributed by atoms with van der Waals surface area (Å²) in [5.41, 5.74) is 1.28. The van der Waals surface area contributed by atoms with E-state index in [0.717, 1.165) is 0 Å². The summed E-state index contributed by atoms with van der Waals surface area (Å²) in [5.74, 6) is -0.135. The van der Waals surface area contributed by atoms with Gasteiger partial charge in [0, 0.05) is 6.04 Å². The molecule has 0 aromatic heterocycles. The van der Waals surface area contributed by atoms with Crippen molar-refractivity contribution < 1.29 is 4.39 Å². The first-order valence-corrected chi connectivity index (χ1v) is 6.81. The molecule has 1 nitrogen and oxygen atoms in total. The van der Waals surface area contributed by atoms with Crippen molar-refractivity contribution in [3.8, 4) is 0 Å². The lowest BCUT2D eigenvalue weighted by Crippen LogP contribution is -2.34. The van der Waals surface area contributed by atoms with Gasteiger partial charge >= 0.3 is 0 Å². The summed E-state index contributed by atoms with van der Waals surface area (Å²) in [6.07, 6.45) is 6.33. The van der Waals surface area contributed by atoms with Crippen LogP contribution in [0.15, 0.2) is 24.3 Å². The molecule has 0 aliphatic carbocycles. The molecule has 1 fully saturated rings. The highest BCUT2D eigenvalue weighted by Crippen LogP contribution is 2.30. The van der Waals surface area contributed by atoms with Crippen LogP contribution in [-0.2, 0) is 0 Å². The molecule has 1 aliphatic rings. The molecule has 0 saturated carbocycles. The van der Waals surface area contributed by atoms with Crippen molar-refractivity contribution in [2.24, 2.45) is 0 Å². The fraction of sp³-hybridized carbons (Fsp3) is 0.600. The van der Waals surface area contributed by atoms with Gasteiger partial charge in [-0.2, -0.15) is 0 Å². The molecule has 0 N–H and O–H groups in total. The van der Waals surface area contributed by atoms with Gasteiger partial charge in [0.1, 0.15) is 5.82 Å². The van der Waals surface area contributed by atoms with Crippen molar-refractivity contribution in [3.63, 3.8) is 0 Å². The molecule has 0 amide bonds. The molecule has 0 bridgehead atoms. The maximum atomic E-state index is 12.9. The van der Waals surface area contributed by atoms with Crippen LogP contribution in [-0.4, -0.2) is 18.0 Å². The average molecular weight is 235 g/mol. The predicted octanol–water partition coefficient (Wildman–Crippen LogP) is 4.15. The van der Waals surface area contributed by atoms with E-state index >= 15 is 0 Å². The summed E-state index contributed by atoms with van der Waals surface area (Å²) in [6, 6.07) is 7.58. The van der Waals surface area contributed by atoms with E-state index in [2.05, 4.69) is 11.8 Å². The smallest absolute Gasteiger partial charge is 0.123 e. The van der Waals surface area contributed by atoms with Crippen molar-refractivity contribution >= 4 is 0 Å². The van der Waals surface area contributed by atoms with Gasteiger partial charge < -0.3 is 0 Å². The summed E-state index contributed by atoms with van der Waals surface area (Å²) in [5, 5.41) is 0. The summed E-state index contributed by atoms with van der Waals surface area (Å²) in [6.45, 7) is 4.61. The number of nitrogens with zero attached hydrogens (tertiary/aromatic N) is 1. The standard InChI is InChI=1S/C15H22FN/c1-2-3-11-17-12-5-4-6-15(17)13-7-9-14(16)10-8-13/h7-10,15H,2-6,11-12H2,1H3/t15-/m0/s1. The topological polar surface area (TPSA) is 3.24 Å². The SMILES string of the molecule is CCCCN1CCCC[C@H]1c1ccc(F)cc1. The van der Waals surface area contributed by atoms with Crippen LogP contribution in [0.3, 0.4) is 0 Å². The molecule has 2 rings (SSSR count). The molecular weight excluding hydrogens is 213 g/mol. The number of unbranched alkanes of at least 4 members (excludes halogenated alkanes) is 1. The zero-order chi connectivity index (χ0) is 12.1. The fourth-order valence-electron chi connectivity index (χ4n) is 2.68. The van der Waals surface area contributed by atoms with E-state index in [1.165, 1.54) is 50.8 Å². The number of likely N-dealkylation sites (tertiary alicyclic amines) is 1. The summed E-state index contributed by atoms with van der Waals surface area (Å²) in [7, 11) is 0. The van der Waals surface area contributed by atoms with Gasteiger partial charge in [0.25, 0.3) is 0 Å². The Hall–Kier alpha value is -0.890. The van der Waals surface area contributed by atoms with E-state index < -0.39 is 0 Å². The summed E-state index contributed by atoms with van der Waals surface area (Å²) < 4.78 is 12.9. The molecule has 94 valence electrons. The Morgan fingerprint density at radius 3 is 2.71 bits per heavy atom. The molecule has 2 heteroatoms. The highest BCUT2D eigenvalue weighted by Gasteiger charge is 2.22. The minimum absolute atomic E-state index is 0.135. The largest absolute Gasteiger partial charge is 0.296 e. The predicted molar refractivity (Wildman–Crippen MR) is 69.5 cm³/mol. The Kier molecular flexibility index (Phi) is 4.55. The van der Waals surface area contributed by atoms with Crippen LogP contribution in [0.25, 0.3) is 0 Å². The van der Waals surface area contributed by atoms with Crippen molar-refractivity contribution in [2.75, 3.05) is 13.1 Å². The first kappa shape index (κ1) is 12.6. The molecule has 0 unspecified atom stereocenters. The summed E-state index contributed by atoms with van der Waals surface area (Å²) in [4.78, 5) is 2.57. The van der Waals surface area contributed by atoms with Gasteiger partial charge in [0.05, 0.1) is 0 Å². The lowest BCUT2D eigenvalue weighted by Gasteiger charge is -2.36. The Morgan fingerprint density at radius 2 is 2.00 bits per heavy atom. The molecule has 17 heavy (non-hydrogen) atoms. The minimum Gasteiger partial charge on any atom is -0.296 e. The van der Waals surface area contributed by atoms with Crippen molar-refractivity contribution in [2.45, 2.75) is 45.1 Å². The molecular formula is C15H22FN. The van der Waals surface area contributed by atoms with Gasteiger partial charge in [-0.25, -0.2) is 4.39 Å². The van der Waals surface area contributed by atoms with Gasteiger partial charge in [0.2, 0.25) is 0 Å². The Bertz CT molecular complexity index is 333. The maximum absolute atomic E-state index is 12.9. The first-order chi connectivity index (χ1) is 8.31. The number of benzene rings is 1. The monoisotopic (exact) mass is 235 g/mol. The van der Waals surface area contributed by atoms with Crippen molar-refractivity contribution in [3.05, 3.63) is 35.6 Å². The van der Waals surface area contributed by atoms with E-state index in [9.17, 15) is 4.39 Å². The molecule has 1 atom stereocenters. The second-order valence-electron chi connectivity index (χ2n) is 4.95. The Balaban J connectivity index is 2.07. The second-order valence-corrected chi connectivity index (χ2v) is 4.95. The molecule has 1 aliphatic heterocycles. The van der Waals surface area contributed by atoms with Gasteiger partial charge in [-0.1, -0.05) is 31.9 Å². The van der Waals surface area contributed by atoms with Crippen LogP contribution in [0.2, 0.25) is 0 Å². The van der Waals surface area contributed by atoms with E-state index in [1.54, 1.807) is 12.1 Å². The van der Waals surface area contributed by atoms with Crippen molar-refractivity contribution in [1.29, 1.82) is 0 Å². The zero-order valence-corrected chi connectivity index (χ0v) is 10.7. The van der Waals surface area contributed by atoms with Crippen LogP contribution in [0.4, 0.5) is 4.39 Å². The summed E-state index contributed by atoms with van der Waals surface area (Å²) >= 11 is 0. The number of hydrogen-bond acceptors (Lipinski definition) is 1. The van der Waals surface area contributed by atoms with E-state index in [0.29, 0.717) is 6.04 Å². The zero-order valence-electron chi connectivity index (χ0n) is 10.7. The van der Waals surface area contributed by atoms with Crippen LogP contribution >= 0.6 is 0 Å². The maximum Gasteiger partial charge on any atom is 0.123 e. The normalized spacial score (nSPS) is 21.6. The van der Waals surface area contributed by atoms with Crippen LogP contribution in [0, 0.1) is 5.82 Å². The lowest BCUT2D eigenvalue weighted by molar-refractivity contribution is 0.146. The highest BCUT2D eigenvalue weighted by atomic mass is 19.1. The number of piperidine rings is 1. The molecule has 1 heterocycles. The first-order valence-electron chi connectivity index (χ1n) is 6.81. The molecule has 1 aromatic rings. The van der Waals surface area contributed by atoms with Gasteiger partial charge in [0.15, 0.2) is 0 Å². The third-order valence-corrected chi connectivity index (χ3v) is 3.67. The lowest BCUT2D eigenvalue weighted by atomic mass is 9.95. The second kappa shape index (κ2) is 6.15. The molecule has 0 radical (unpaired) electrons. The molecule has 1 aromatic carbocycles. The number of halogens is 1. The number of hydrogen-bond donors (Lipinski definition) is 0. The third kappa shape index (κ3) is 3.29. The number of rotatable bonds is 4. The average Bonchev–Trinajstić information content (AvgIpc) is 2.38. The van der Waals surface area contributed by atoms with Crippen LogP contribution in [0.1, 0.15) is 50.6 Å². The van der Waals surface area contributed by atoms with Crippen molar-refractivity contribution in [1.82, 2.24) is 4.90 Å². The minimum atomic E-state index is -0.135. The van der Waals surface area contributed by atoms with Gasteiger partial charge in [-0.15, -0.1) is 0 Å². The Morgan fingerprint density at radius 1 is 1.24 bits per heavy atom. The van der Waals surface area contributed by atoms with Crippen LogP contribution in [0.5, 0.6) is 0 Å². The third-order valence-electron chi connectivity index (χ3n) is 3.67. The van der Waals surface area contributed by atoms with E-state index in [4.69, 9.17) is 0 Å². The fourth-order valence-corrected chi connectivity index (χ4v) is 2.68. The van der Waals surface area contributed by atoms with E-state index in [1.807, 2.05) is 12.1 Å². The van der Waals surface area contributed by atoms with Gasteiger partial charge in [-0.05, 0) is 50.0 Å². The van der Waals surface area contributed by atoms with Crippen LogP contribution < -0.4 is 0 Å². The molecule has 0 spiro atoms.